The van der Waals surface area contributed by atoms with Crippen molar-refractivity contribution >= 4 is 17.7 Å². The van der Waals surface area contributed by atoms with Crippen LogP contribution in [-0.4, -0.2) is 58.5 Å². The molecule has 0 aliphatic carbocycles. The number of nitrogens with zero attached hydrogens (tertiary/aromatic N) is 3. The zero-order valence-corrected chi connectivity index (χ0v) is 21.1. The minimum atomic E-state index is -0.826. The number of unbranched alkanes of at least 4 members (excludes halogenated alkanes) is 1. The first kappa shape index (κ1) is 26.9. The van der Waals surface area contributed by atoms with Crippen molar-refractivity contribution < 1.29 is 19.4 Å². The first-order chi connectivity index (χ1) is 17.3. The summed E-state index contributed by atoms with van der Waals surface area (Å²) >= 11 is 0. The van der Waals surface area contributed by atoms with E-state index in [0.29, 0.717) is 23.4 Å². The van der Waals surface area contributed by atoms with Gasteiger partial charge in [-0.25, -0.2) is 4.79 Å². The predicted molar refractivity (Wildman–Crippen MR) is 138 cm³/mol. The first-order valence-electron chi connectivity index (χ1n) is 12.0. The number of aliphatic hydroxyl groups is 1. The highest BCUT2D eigenvalue weighted by Gasteiger charge is 2.22. The summed E-state index contributed by atoms with van der Waals surface area (Å²) in [6, 6.07) is 17.3. The molecule has 2 amide bonds. The van der Waals surface area contributed by atoms with Crippen molar-refractivity contribution in [2.24, 2.45) is 7.05 Å². The number of amides is 2. The number of benzene rings is 2. The molecule has 0 saturated carbocycles. The zero-order valence-electron chi connectivity index (χ0n) is 21.1. The lowest BCUT2D eigenvalue weighted by Gasteiger charge is -2.19. The van der Waals surface area contributed by atoms with E-state index in [2.05, 4.69) is 20.6 Å². The summed E-state index contributed by atoms with van der Waals surface area (Å²) in [5.74, 6) is -0.323. The van der Waals surface area contributed by atoms with Gasteiger partial charge in [-0.3, -0.25) is 9.48 Å². The number of nitrogens with one attached hydrogen (secondary N) is 2. The lowest BCUT2D eigenvalue weighted by Crippen LogP contribution is -2.44. The monoisotopic (exact) mass is 493 g/mol. The summed E-state index contributed by atoms with van der Waals surface area (Å²) in [5.41, 5.74) is 2.79. The molecule has 0 aliphatic rings. The number of rotatable bonds is 12. The van der Waals surface area contributed by atoms with Crippen molar-refractivity contribution in [2.75, 3.05) is 26.0 Å². The van der Waals surface area contributed by atoms with E-state index < -0.39 is 18.2 Å². The molecule has 0 radical (unpaired) electrons. The standard InChI is InChI=1S/C27H35N5O4/c1-31(2)18-8-7-11-23(30-27(35)36-19-20-9-5-4-6-10-20)26(34)29-22-14-12-21(13-15-22)25(33)24-16-17-28-32(24)3/h4-6,9-10,12-17,23,25,33H,7-8,11,18-19H2,1-3H3,(H,29,34)(H,30,35)/t23-,25?/m0/s1. The Labute approximate surface area is 212 Å². The minimum Gasteiger partial charge on any atom is -0.445 e. The number of alkyl carbamates (subject to hydrolysis) is 1. The molecular weight excluding hydrogens is 458 g/mol. The Morgan fingerprint density at radius 2 is 1.78 bits per heavy atom. The lowest BCUT2D eigenvalue weighted by molar-refractivity contribution is -0.118. The van der Waals surface area contributed by atoms with E-state index in [-0.39, 0.29) is 12.5 Å². The molecule has 2 atom stereocenters. The van der Waals surface area contributed by atoms with Crippen LogP contribution >= 0.6 is 0 Å². The number of carbonyl (C=O) groups is 2. The SMILES string of the molecule is CN(C)CCCC[C@H](NC(=O)OCc1ccccc1)C(=O)Nc1ccc(C(O)c2ccnn2C)cc1. The van der Waals surface area contributed by atoms with Crippen LogP contribution < -0.4 is 10.6 Å². The predicted octanol–water partition coefficient (Wildman–Crippen LogP) is 3.47. The van der Waals surface area contributed by atoms with Crippen LogP contribution in [0.15, 0.2) is 66.9 Å². The number of anilines is 1. The third-order valence-electron chi connectivity index (χ3n) is 5.80. The number of ether oxygens (including phenoxy) is 1. The van der Waals surface area contributed by atoms with E-state index in [9.17, 15) is 14.7 Å². The van der Waals surface area contributed by atoms with E-state index in [4.69, 9.17) is 4.74 Å². The number of aliphatic hydroxyl groups excluding tert-OH is 1. The highest BCUT2D eigenvalue weighted by atomic mass is 16.5. The van der Waals surface area contributed by atoms with Gasteiger partial charge in [-0.05, 0) is 69.2 Å². The van der Waals surface area contributed by atoms with Crippen LogP contribution in [0.5, 0.6) is 0 Å². The van der Waals surface area contributed by atoms with Crippen LogP contribution in [0, 0.1) is 0 Å². The van der Waals surface area contributed by atoms with E-state index in [1.807, 2.05) is 44.4 Å². The molecule has 0 spiro atoms. The number of hydrogen-bond donors (Lipinski definition) is 3. The Morgan fingerprint density at radius 1 is 1.06 bits per heavy atom. The lowest BCUT2D eigenvalue weighted by atomic mass is 10.1. The van der Waals surface area contributed by atoms with E-state index in [1.54, 1.807) is 48.3 Å². The molecule has 9 nitrogen and oxygen atoms in total. The van der Waals surface area contributed by atoms with Gasteiger partial charge in [-0.2, -0.15) is 5.10 Å². The van der Waals surface area contributed by atoms with Gasteiger partial charge in [0.1, 0.15) is 18.8 Å². The van der Waals surface area contributed by atoms with Gasteiger partial charge in [0.25, 0.3) is 0 Å². The second-order valence-electron chi connectivity index (χ2n) is 8.95. The summed E-state index contributed by atoms with van der Waals surface area (Å²) in [6.07, 6.45) is 2.32. The van der Waals surface area contributed by atoms with Gasteiger partial charge in [-0.15, -0.1) is 0 Å². The molecular formula is C27H35N5O4. The van der Waals surface area contributed by atoms with Crippen LogP contribution in [0.1, 0.15) is 42.2 Å². The third kappa shape index (κ3) is 8.21. The molecule has 1 aromatic heterocycles. The van der Waals surface area contributed by atoms with E-state index >= 15 is 0 Å². The van der Waals surface area contributed by atoms with Gasteiger partial charge in [0, 0.05) is 18.9 Å². The van der Waals surface area contributed by atoms with E-state index in [0.717, 1.165) is 24.9 Å². The Hall–Kier alpha value is -3.69. The second-order valence-corrected chi connectivity index (χ2v) is 8.95. The fourth-order valence-electron chi connectivity index (χ4n) is 3.75. The van der Waals surface area contributed by atoms with Crippen molar-refractivity contribution in [1.82, 2.24) is 20.0 Å². The van der Waals surface area contributed by atoms with Crippen molar-refractivity contribution in [3.05, 3.63) is 83.7 Å². The number of aryl methyl sites for hydroxylation is 1. The van der Waals surface area contributed by atoms with Crippen molar-refractivity contribution in [1.29, 1.82) is 0 Å². The zero-order chi connectivity index (χ0) is 25.9. The number of hydrogen-bond acceptors (Lipinski definition) is 6. The first-order valence-corrected chi connectivity index (χ1v) is 12.0. The Kier molecular flexibility index (Phi) is 10.0. The molecule has 1 unspecified atom stereocenters. The molecule has 192 valence electrons. The van der Waals surface area contributed by atoms with Gasteiger partial charge in [-0.1, -0.05) is 42.5 Å². The van der Waals surface area contributed by atoms with Gasteiger partial charge in [0.15, 0.2) is 0 Å². The maximum atomic E-state index is 13.0. The van der Waals surface area contributed by atoms with Gasteiger partial charge in [0.05, 0.1) is 5.69 Å². The van der Waals surface area contributed by atoms with Crippen LogP contribution in [0.3, 0.4) is 0 Å². The molecule has 3 N–H and O–H groups in total. The van der Waals surface area contributed by atoms with Crippen molar-refractivity contribution in [3.63, 3.8) is 0 Å². The highest BCUT2D eigenvalue weighted by molar-refractivity contribution is 5.96. The molecule has 0 aliphatic heterocycles. The molecule has 1 heterocycles. The maximum absolute atomic E-state index is 13.0. The molecule has 36 heavy (non-hydrogen) atoms. The summed E-state index contributed by atoms with van der Waals surface area (Å²) in [7, 11) is 5.76. The molecule has 0 saturated heterocycles. The normalized spacial score (nSPS) is 12.7. The largest absolute Gasteiger partial charge is 0.445 e. The Balaban J connectivity index is 1.60. The number of aromatic nitrogens is 2. The summed E-state index contributed by atoms with van der Waals surface area (Å²) in [6.45, 7) is 1.02. The van der Waals surface area contributed by atoms with Crippen molar-refractivity contribution in [2.45, 2.75) is 38.0 Å². The van der Waals surface area contributed by atoms with Gasteiger partial charge >= 0.3 is 6.09 Å². The summed E-state index contributed by atoms with van der Waals surface area (Å²) in [4.78, 5) is 27.6. The highest BCUT2D eigenvalue weighted by Crippen LogP contribution is 2.23. The molecule has 9 heteroatoms. The van der Waals surface area contributed by atoms with Crippen LogP contribution in [0.4, 0.5) is 10.5 Å². The maximum Gasteiger partial charge on any atom is 0.408 e. The Bertz CT molecular complexity index is 1100. The second kappa shape index (κ2) is 13.4. The smallest absolute Gasteiger partial charge is 0.408 e. The fraction of sp³-hybridized carbons (Fsp3) is 0.370. The van der Waals surface area contributed by atoms with Crippen LogP contribution in [0.25, 0.3) is 0 Å². The average molecular weight is 494 g/mol. The minimum absolute atomic E-state index is 0.127. The number of carbonyl (C=O) groups excluding carboxylic acids is 2. The molecule has 2 aromatic carbocycles. The van der Waals surface area contributed by atoms with Gasteiger partial charge < -0.3 is 25.4 Å². The average Bonchev–Trinajstić information content (AvgIpc) is 3.30. The topological polar surface area (TPSA) is 109 Å². The van der Waals surface area contributed by atoms with Gasteiger partial charge in [0.2, 0.25) is 5.91 Å². The van der Waals surface area contributed by atoms with Crippen LogP contribution in [-0.2, 0) is 23.2 Å². The fourth-order valence-corrected chi connectivity index (χ4v) is 3.75. The van der Waals surface area contributed by atoms with E-state index in [1.165, 1.54) is 0 Å². The van der Waals surface area contributed by atoms with Crippen molar-refractivity contribution in [3.8, 4) is 0 Å². The summed E-state index contributed by atoms with van der Waals surface area (Å²) < 4.78 is 6.93. The third-order valence-corrected chi connectivity index (χ3v) is 5.80. The molecule has 3 aromatic rings. The molecule has 0 bridgehead atoms. The van der Waals surface area contributed by atoms with Crippen LogP contribution in [0.2, 0.25) is 0 Å². The molecule has 3 rings (SSSR count). The quantitative estimate of drug-likeness (QED) is 0.334. The molecule has 0 fully saturated rings. The Morgan fingerprint density at radius 3 is 2.42 bits per heavy atom. The summed E-state index contributed by atoms with van der Waals surface area (Å²) in [5, 5.41) is 20.3.